The lowest BCUT2D eigenvalue weighted by molar-refractivity contribution is -0.131. The zero-order valence-electron chi connectivity index (χ0n) is 15.2. The van der Waals surface area contributed by atoms with Crippen LogP contribution in [0.15, 0.2) is 29.6 Å². The Bertz CT molecular complexity index is 829. The number of nitrogens with zero attached hydrogens (tertiary/aromatic N) is 2. The van der Waals surface area contributed by atoms with Gasteiger partial charge in [-0.1, -0.05) is 37.1 Å². The average Bonchev–Trinajstić information content (AvgIpc) is 3.33. The van der Waals surface area contributed by atoms with E-state index in [0.717, 1.165) is 25.8 Å². The molecular formula is C20H24N4O2S. The Morgan fingerprint density at radius 3 is 2.78 bits per heavy atom. The molecule has 27 heavy (non-hydrogen) atoms. The van der Waals surface area contributed by atoms with Crippen LogP contribution in [0.1, 0.15) is 42.5 Å². The third-order valence-electron chi connectivity index (χ3n) is 5.28. The van der Waals surface area contributed by atoms with Crippen molar-refractivity contribution in [2.24, 2.45) is 0 Å². The second-order valence-electron chi connectivity index (χ2n) is 7.23. The van der Waals surface area contributed by atoms with E-state index >= 15 is 0 Å². The number of carbonyl (C=O) groups excluding carboxylic acids is 2. The van der Waals surface area contributed by atoms with Gasteiger partial charge in [-0.3, -0.25) is 10.1 Å². The number of hydrogen-bond acceptors (Lipinski definition) is 4. The first kappa shape index (κ1) is 18.0. The third-order valence-corrected chi connectivity index (χ3v) is 6.08. The summed E-state index contributed by atoms with van der Waals surface area (Å²) in [7, 11) is 0. The fraction of sp³-hybridized carbons (Fsp3) is 0.450. The fourth-order valence-corrected chi connectivity index (χ4v) is 4.51. The second kappa shape index (κ2) is 8.08. The molecule has 1 aliphatic heterocycles. The van der Waals surface area contributed by atoms with Crippen LogP contribution in [0.25, 0.3) is 0 Å². The lowest BCUT2D eigenvalue weighted by atomic mass is 10.00. The van der Waals surface area contributed by atoms with Crippen molar-refractivity contribution < 1.29 is 9.59 Å². The summed E-state index contributed by atoms with van der Waals surface area (Å²) in [5, 5.41) is 8.15. The minimum absolute atomic E-state index is 0.0803. The number of anilines is 1. The highest BCUT2D eigenvalue weighted by molar-refractivity contribution is 7.13. The smallest absolute Gasteiger partial charge is 0.321 e. The summed E-state index contributed by atoms with van der Waals surface area (Å²) in [5.74, 6) is 0.0803. The van der Waals surface area contributed by atoms with Crippen LogP contribution < -0.4 is 10.6 Å². The number of urea groups is 1. The highest BCUT2D eigenvalue weighted by Gasteiger charge is 2.22. The van der Waals surface area contributed by atoms with Crippen molar-refractivity contribution in [3.63, 3.8) is 0 Å². The van der Waals surface area contributed by atoms with Crippen LogP contribution in [0.5, 0.6) is 0 Å². The minimum atomic E-state index is -0.207. The summed E-state index contributed by atoms with van der Waals surface area (Å²) in [6.45, 7) is 1.41. The Hall–Kier alpha value is -2.41. The number of aromatic nitrogens is 1. The van der Waals surface area contributed by atoms with Gasteiger partial charge in [-0.2, -0.15) is 0 Å². The number of amides is 3. The Morgan fingerprint density at radius 2 is 1.96 bits per heavy atom. The molecule has 2 aliphatic rings. The lowest BCUT2D eigenvalue weighted by Crippen LogP contribution is -2.37. The molecule has 1 aromatic heterocycles. The Labute approximate surface area is 163 Å². The standard InChI is InChI=1S/C20H24N4O2S/c25-18(24-10-9-14-5-1-2-6-15(14)12-24)11-17-13-27-20(22-17)23-19(26)21-16-7-3-4-8-16/h1-2,5-6,13,16H,3-4,7-12H2,(H2,21,22,23,26). The fourth-order valence-electron chi connectivity index (χ4n) is 3.81. The third kappa shape index (κ3) is 4.47. The van der Waals surface area contributed by atoms with Gasteiger partial charge in [-0.05, 0) is 30.4 Å². The zero-order chi connectivity index (χ0) is 18.6. The van der Waals surface area contributed by atoms with Crippen LogP contribution in [0.2, 0.25) is 0 Å². The number of hydrogen-bond donors (Lipinski definition) is 2. The molecule has 4 rings (SSSR count). The summed E-state index contributed by atoms with van der Waals surface area (Å²) in [6, 6.07) is 8.34. The van der Waals surface area contributed by atoms with E-state index in [4.69, 9.17) is 0 Å². The Kier molecular flexibility index (Phi) is 5.38. The predicted octanol–water partition coefficient (Wildman–Crippen LogP) is 3.33. The van der Waals surface area contributed by atoms with Crippen LogP contribution >= 0.6 is 11.3 Å². The molecule has 0 bridgehead atoms. The monoisotopic (exact) mass is 384 g/mol. The first-order valence-corrected chi connectivity index (χ1v) is 10.4. The maximum atomic E-state index is 12.6. The summed E-state index contributed by atoms with van der Waals surface area (Å²) >= 11 is 1.36. The number of benzene rings is 1. The molecule has 1 saturated carbocycles. The van der Waals surface area contributed by atoms with Gasteiger partial charge in [0.25, 0.3) is 0 Å². The molecule has 0 atom stereocenters. The normalized spacial score (nSPS) is 16.8. The number of carbonyl (C=O) groups is 2. The van der Waals surface area contributed by atoms with Crippen LogP contribution in [-0.2, 0) is 24.2 Å². The van der Waals surface area contributed by atoms with E-state index < -0.39 is 0 Å². The van der Waals surface area contributed by atoms with E-state index in [2.05, 4.69) is 27.8 Å². The quantitative estimate of drug-likeness (QED) is 0.849. The first-order chi connectivity index (χ1) is 13.2. The molecule has 142 valence electrons. The molecule has 2 aromatic rings. The molecule has 0 unspecified atom stereocenters. The number of fused-ring (bicyclic) bond motifs is 1. The minimum Gasteiger partial charge on any atom is -0.338 e. The number of nitrogens with one attached hydrogen (secondary N) is 2. The topological polar surface area (TPSA) is 74.3 Å². The van der Waals surface area contributed by atoms with E-state index in [0.29, 0.717) is 17.4 Å². The predicted molar refractivity (Wildman–Crippen MR) is 106 cm³/mol. The van der Waals surface area contributed by atoms with Gasteiger partial charge in [0.2, 0.25) is 5.91 Å². The molecule has 2 heterocycles. The molecule has 7 heteroatoms. The SMILES string of the molecule is O=C(Nc1nc(CC(=O)N2CCc3ccccc3C2)cs1)NC1CCCC1. The summed E-state index contributed by atoms with van der Waals surface area (Å²) in [6.07, 6.45) is 5.61. The molecule has 1 aliphatic carbocycles. The van der Waals surface area contributed by atoms with Gasteiger partial charge in [0.1, 0.15) is 0 Å². The van der Waals surface area contributed by atoms with E-state index in [9.17, 15) is 9.59 Å². The highest BCUT2D eigenvalue weighted by Crippen LogP contribution is 2.21. The average molecular weight is 385 g/mol. The van der Waals surface area contributed by atoms with E-state index in [1.165, 1.54) is 35.3 Å². The van der Waals surface area contributed by atoms with Gasteiger partial charge in [0, 0.05) is 24.5 Å². The Balaban J connectivity index is 1.30. The molecule has 3 amide bonds. The molecule has 0 radical (unpaired) electrons. The number of rotatable bonds is 4. The van der Waals surface area contributed by atoms with Crippen molar-refractivity contribution >= 4 is 28.4 Å². The van der Waals surface area contributed by atoms with Gasteiger partial charge in [0.15, 0.2) is 5.13 Å². The summed E-state index contributed by atoms with van der Waals surface area (Å²) in [5.41, 5.74) is 3.26. The first-order valence-electron chi connectivity index (χ1n) is 9.54. The van der Waals surface area contributed by atoms with E-state index in [1.807, 2.05) is 22.4 Å². The van der Waals surface area contributed by atoms with Crippen LogP contribution in [-0.4, -0.2) is 34.4 Å². The number of thiazole rings is 1. The van der Waals surface area contributed by atoms with Crippen molar-refractivity contribution in [2.45, 2.75) is 51.1 Å². The maximum absolute atomic E-state index is 12.6. The van der Waals surface area contributed by atoms with Crippen LogP contribution in [0.3, 0.4) is 0 Å². The molecule has 0 spiro atoms. The molecule has 6 nitrogen and oxygen atoms in total. The largest absolute Gasteiger partial charge is 0.338 e. The van der Waals surface area contributed by atoms with Crippen molar-refractivity contribution in [2.75, 3.05) is 11.9 Å². The molecule has 1 fully saturated rings. The molecule has 1 aromatic carbocycles. The molecule has 0 saturated heterocycles. The molecule has 2 N–H and O–H groups in total. The van der Waals surface area contributed by atoms with Gasteiger partial charge in [-0.15, -0.1) is 11.3 Å². The second-order valence-corrected chi connectivity index (χ2v) is 8.09. The van der Waals surface area contributed by atoms with Crippen molar-refractivity contribution in [1.82, 2.24) is 15.2 Å². The highest BCUT2D eigenvalue weighted by atomic mass is 32.1. The van der Waals surface area contributed by atoms with E-state index in [-0.39, 0.29) is 24.4 Å². The van der Waals surface area contributed by atoms with Crippen molar-refractivity contribution in [3.8, 4) is 0 Å². The molecular weight excluding hydrogens is 360 g/mol. The van der Waals surface area contributed by atoms with Crippen LogP contribution in [0, 0.1) is 0 Å². The Morgan fingerprint density at radius 1 is 1.19 bits per heavy atom. The summed E-state index contributed by atoms with van der Waals surface area (Å²) in [4.78, 5) is 31.0. The summed E-state index contributed by atoms with van der Waals surface area (Å²) < 4.78 is 0. The van der Waals surface area contributed by atoms with Crippen molar-refractivity contribution in [1.29, 1.82) is 0 Å². The van der Waals surface area contributed by atoms with Crippen molar-refractivity contribution in [3.05, 3.63) is 46.5 Å². The lowest BCUT2D eigenvalue weighted by Gasteiger charge is -2.28. The van der Waals surface area contributed by atoms with Gasteiger partial charge >= 0.3 is 6.03 Å². The maximum Gasteiger partial charge on any atom is 0.321 e. The van der Waals surface area contributed by atoms with Crippen LogP contribution in [0.4, 0.5) is 9.93 Å². The van der Waals surface area contributed by atoms with Gasteiger partial charge < -0.3 is 10.2 Å². The van der Waals surface area contributed by atoms with Gasteiger partial charge in [0.05, 0.1) is 12.1 Å². The van der Waals surface area contributed by atoms with E-state index in [1.54, 1.807) is 0 Å². The van der Waals surface area contributed by atoms with Gasteiger partial charge in [-0.25, -0.2) is 9.78 Å². The zero-order valence-corrected chi connectivity index (χ0v) is 16.1.